The molecule has 29 heavy (non-hydrogen) atoms. The number of hydrogen-bond donors (Lipinski definition) is 1. The monoisotopic (exact) mass is 426 g/mol. The van der Waals surface area contributed by atoms with Gasteiger partial charge in [-0.15, -0.1) is 0 Å². The molecule has 1 N–H and O–H groups in total. The average Bonchev–Trinajstić information content (AvgIpc) is 3.17. The van der Waals surface area contributed by atoms with Gasteiger partial charge in [-0.1, -0.05) is 17.7 Å². The standard InChI is InChI=1S/C22H23ClN4OS/c1-13-11-16(14(2)27(13)18-12-15(23)8-9-19(18)28-4)21-20(25-22(29)26(21)3)17-7-5-6-10-24-17/h5-12,20-21H,1-4H3,(H,25,29). The molecule has 0 spiro atoms. The molecule has 3 aromatic rings. The molecule has 1 aliphatic heterocycles. The number of aromatic nitrogens is 2. The summed E-state index contributed by atoms with van der Waals surface area (Å²) in [5.41, 5.74) is 5.30. The topological polar surface area (TPSA) is 42.3 Å². The lowest BCUT2D eigenvalue weighted by molar-refractivity contribution is 0.367. The van der Waals surface area contributed by atoms with E-state index in [4.69, 9.17) is 28.6 Å². The molecule has 0 bridgehead atoms. The SMILES string of the molecule is COc1ccc(Cl)cc1-n1c(C)cc(C2C(c3ccccn3)NC(=S)N2C)c1C. The summed E-state index contributed by atoms with van der Waals surface area (Å²) < 4.78 is 7.78. The van der Waals surface area contributed by atoms with E-state index in [1.807, 2.05) is 49.6 Å². The number of benzene rings is 1. The molecular weight excluding hydrogens is 404 g/mol. The third kappa shape index (κ3) is 3.36. The van der Waals surface area contributed by atoms with Gasteiger partial charge in [0.2, 0.25) is 0 Å². The number of ether oxygens (including phenoxy) is 1. The quantitative estimate of drug-likeness (QED) is 0.609. The number of aryl methyl sites for hydroxylation is 1. The first-order valence-corrected chi connectivity index (χ1v) is 10.2. The third-order valence-electron chi connectivity index (χ3n) is 5.51. The first-order valence-electron chi connectivity index (χ1n) is 9.39. The predicted octanol–water partition coefficient (Wildman–Crippen LogP) is 4.75. The fourth-order valence-electron chi connectivity index (χ4n) is 4.14. The summed E-state index contributed by atoms with van der Waals surface area (Å²) in [7, 11) is 3.70. The normalized spacial score (nSPS) is 18.8. The Hall–Kier alpha value is -2.57. The second-order valence-corrected chi connectivity index (χ2v) is 8.04. The molecule has 5 nitrogen and oxygen atoms in total. The van der Waals surface area contributed by atoms with Crippen molar-refractivity contribution in [2.75, 3.05) is 14.2 Å². The zero-order valence-electron chi connectivity index (χ0n) is 16.8. The van der Waals surface area contributed by atoms with Crippen LogP contribution in [0.15, 0.2) is 48.7 Å². The van der Waals surface area contributed by atoms with Crippen LogP contribution in [-0.4, -0.2) is 33.7 Å². The summed E-state index contributed by atoms with van der Waals surface area (Å²) in [6.07, 6.45) is 1.82. The molecule has 4 rings (SSSR count). The fourth-order valence-corrected chi connectivity index (χ4v) is 4.55. The van der Waals surface area contributed by atoms with Crippen LogP contribution >= 0.6 is 23.8 Å². The van der Waals surface area contributed by atoms with Crippen LogP contribution in [0.4, 0.5) is 0 Å². The van der Waals surface area contributed by atoms with E-state index < -0.39 is 0 Å². The van der Waals surface area contributed by atoms with Crippen molar-refractivity contribution in [3.8, 4) is 11.4 Å². The van der Waals surface area contributed by atoms with Gasteiger partial charge in [0.05, 0.1) is 30.6 Å². The number of halogens is 1. The van der Waals surface area contributed by atoms with Gasteiger partial charge in [-0.25, -0.2) is 0 Å². The molecule has 2 atom stereocenters. The van der Waals surface area contributed by atoms with Crippen LogP contribution in [0.2, 0.25) is 5.02 Å². The van der Waals surface area contributed by atoms with Crippen LogP contribution in [0.25, 0.3) is 5.69 Å². The Morgan fingerprint density at radius 2 is 1.97 bits per heavy atom. The highest BCUT2D eigenvalue weighted by Crippen LogP contribution is 2.41. The molecule has 0 amide bonds. The molecule has 150 valence electrons. The van der Waals surface area contributed by atoms with Gasteiger partial charge in [0.15, 0.2) is 5.11 Å². The zero-order chi connectivity index (χ0) is 20.7. The number of nitrogens with zero attached hydrogens (tertiary/aromatic N) is 3. The van der Waals surface area contributed by atoms with Crippen molar-refractivity contribution in [1.29, 1.82) is 0 Å². The Labute approximate surface area is 181 Å². The van der Waals surface area contributed by atoms with Crippen molar-refractivity contribution in [3.05, 3.63) is 76.3 Å². The van der Waals surface area contributed by atoms with Gasteiger partial charge in [0.25, 0.3) is 0 Å². The second kappa shape index (κ2) is 7.69. The van der Waals surface area contributed by atoms with Gasteiger partial charge in [-0.3, -0.25) is 4.98 Å². The number of hydrogen-bond acceptors (Lipinski definition) is 3. The van der Waals surface area contributed by atoms with Gasteiger partial charge >= 0.3 is 0 Å². The van der Waals surface area contributed by atoms with Crippen LogP contribution < -0.4 is 10.1 Å². The van der Waals surface area contributed by atoms with Crippen molar-refractivity contribution >= 4 is 28.9 Å². The lowest BCUT2D eigenvalue weighted by atomic mass is 9.97. The van der Waals surface area contributed by atoms with Crippen molar-refractivity contribution in [3.63, 3.8) is 0 Å². The number of rotatable bonds is 4. The van der Waals surface area contributed by atoms with Crippen molar-refractivity contribution in [1.82, 2.24) is 19.8 Å². The minimum absolute atomic E-state index is 0.0242. The smallest absolute Gasteiger partial charge is 0.169 e. The van der Waals surface area contributed by atoms with E-state index in [0.29, 0.717) is 5.02 Å². The lowest BCUT2D eigenvalue weighted by Crippen LogP contribution is -2.25. The summed E-state index contributed by atoms with van der Waals surface area (Å²) in [4.78, 5) is 6.68. The largest absolute Gasteiger partial charge is 0.495 e. The van der Waals surface area contributed by atoms with Gasteiger partial charge in [-0.2, -0.15) is 0 Å². The van der Waals surface area contributed by atoms with Gasteiger partial charge in [0.1, 0.15) is 5.75 Å². The Bertz CT molecular complexity index is 1070. The molecular formula is C22H23ClN4OS. The van der Waals surface area contributed by atoms with E-state index in [0.717, 1.165) is 33.6 Å². The molecule has 0 saturated carbocycles. The minimum Gasteiger partial charge on any atom is -0.495 e. The summed E-state index contributed by atoms with van der Waals surface area (Å²) in [6.45, 7) is 4.21. The molecule has 1 fully saturated rings. The van der Waals surface area contributed by atoms with Crippen LogP contribution in [0.5, 0.6) is 5.75 Å². The fraction of sp³-hybridized carbons (Fsp3) is 0.273. The molecule has 1 aliphatic rings. The number of methoxy groups -OCH3 is 1. The Morgan fingerprint density at radius 3 is 2.66 bits per heavy atom. The molecule has 1 aromatic carbocycles. The predicted molar refractivity (Wildman–Crippen MR) is 120 cm³/mol. The zero-order valence-corrected chi connectivity index (χ0v) is 18.4. The van der Waals surface area contributed by atoms with E-state index in [1.54, 1.807) is 7.11 Å². The van der Waals surface area contributed by atoms with Gasteiger partial charge in [0, 0.05) is 29.7 Å². The maximum absolute atomic E-state index is 6.30. The molecule has 7 heteroatoms. The van der Waals surface area contributed by atoms with E-state index in [9.17, 15) is 0 Å². The number of pyridine rings is 1. The third-order valence-corrected chi connectivity index (χ3v) is 6.15. The van der Waals surface area contributed by atoms with E-state index in [-0.39, 0.29) is 12.1 Å². The number of likely N-dealkylation sites (N-methyl/N-ethyl adjacent to an activating group) is 1. The Balaban J connectivity index is 1.85. The summed E-state index contributed by atoms with van der Waals surface area (Å²) >= 11 is 11.9. The lowest BCUT2D eigenvalue weighted by Gasteiger charge is -2.24. The van der Waals surface area contributed by atoms with E-state index in [1.165, 1.54) is 5.56 Å². The minimum atomic E-state index is -0.0242. The second-order valence-electron chi connectivity index (χ2n) is 7.22. The highest BCUT2D eigenvalue weighted by atomic mass is 35.5. The summed E-state index contributed by atoms with van der Waals surface area (Å²) in [6, 6.07) is 13.8. The highest BCUT2D eigenvalue weighted by molar-refractivity contribution is 7.80. The van der Waals surface area contributed by atoms with E-state index in [2.05, 4.69) is 39.7 Å². The van der Waals surface area contributed by atoms with E-state index >= 15 is 0 Å². The first-order chi connectivity index (χ1) is 13.9. The Kier molecular flexibility index (Phi) is 5.23. The van der Waals surface area contributed by atoms with Crippen molar-refractivity contribution < 1.29 is 4.74 Å². The van der Waals surface area contributed by atoms with Crippen LogP contribution in [-0.2, 0) is 0 Å². The average molecular weight is 427 g/mol. The van der Waals surface area contributed by atoms with Crippen molar-refractivity contribution in [2.45, 2.75) is 25.9 Å². The highest BCUT2D eigenvalue weighted by Gasteiger charge is 2.39. The van der Waals surface area contributed by atoms with Gasteiger partial charge < -0.3 is 19.5 Å². The molecule has 3 heterocycles. The van der Waals surface area contributed by atoms with Crippen LogP contribution in [0.1, 0.15) is 34.7 Å². The molecule has 1 saturated heterocycles. The molecule has 2 aromatic heterocycles. The van der Waals surface area contributed by atoms with Crippen LogP contribution in [0.3, 0.4) is 0 Å². The summed E-state index contributed by atoms with van der Waals surface area (Å²) in [5, 5.41) is 4.82. The molecule has 0 radical (unpaired) electrons. The molecule has 2 unspecified atom stereocenters. The number of nitrogens with one attached hydrogen (secondary N) is 1. The van der Waals surface area contributed by atoms with Crippen LogP contribution in [0, 0.1) is 13.8 Å². The molecule has 0 aliphatic carbocycles. The maximum Gasteiger partial charge on any atom is 0.169 e. The first kappa shape index (κ1) is 19.7. The Morgan fingerprint density at radius 1 is 1.17 bits per heavy atom. The number of thiocarbonyl (C=S) groups is 1. The van der Waals surface area contributed by atoms with Crippen molar-refractivity contribution in [2.24, 2.45) is 0 Å². The van der Waals surface area contributed by atoms with Gasteiger partial charge in [-0.05, 0) is 68.0 Å². The maximum atomic E-state index is 6.30. The summed E-state index contributed by atoms with van der Waals surface area (Å²) in [5.74, 6) is 0.775.